The first-order chi connectivity index (χ1) is 39.0. The number of hydrogen-bond donors (Lipinski definition) is 3. The van der Waals surface area contributed by atoms with Crippen LogP contribution in [-0.4, -0.2) is 48.5 Å². The Morgan fingerprint density at radius 2 is 0.817 bits per heavy atom. The van der Waals surface area contributed by atoms with Crippen LogP contribution in [0.2, 0.25) is 86.5 Å². The fourth-order valence-corrected chi connectivity index (χ4v) is 14.0. The number of aromatic nitrogens is 4. The Hall–Kier alpha value is -2.91. The molecular formula is C62H61Br2Cl7N4O2S3Si2. The zero-order valence-electron chi connectivity index (χ0n) is 45.8. The van der Waals surface area contributed by atoms with Crippen molar-refractivity contribution in [3.63, 3.8) is 0 Å². The minimum atomic E-state index is -1.07. The summed E-state index contributed by atoms with van der Waals surface area (Å²) in [5.74, 6) is 0. The zero-order valence-corrected chi connectivity index (χ0v) is 58.8. The molecular weight excluding hydrogens is 1390 g/mol. The number of nitrogens with one attached hydrogen (secondary N) is 2. The molecule has 0 fully saturated rings. The molecule has 0 saturated heterocycles. The highest BCUT2D eigenvalue weighted by molar-refractivity contribution is 9.10. The van der Waals surface area contributed by atoms with Crippen LogP contribution >= 0.6 is 149 Å². The topological polar surface area (TPSA) is 59.9 Å². The quantitative estimate of drug-likeness (QED) is 0.0577. The summed E-state index contributed by atoms with van der Waals surface area (Å²) < 4.78 is 17.9. The largest absolute Gasteiger partial charge is 0.361 e. The van der Waals surface area contributed by atoms with Gasteiger partial charge in [-0.25, -0.2) is 0 Å². The number of benzene rings is 7. The van der Waals surface area contributed by atoms with Crippen molar-refractivity contribution in [2.24, 2.45) is 0 Å². The Balaban J connectivity index is 0.000000155. The Morgan fingerprint density at radius 3 is 1.27 bits per heavy atom. The molecule has 0 bridgehead atoms. The molecule has 82 heavy (non-hydrogen) atoms. The molecule has 0 atom stereocenters. The van der Waals surface area contributed by atoms with Crippen LogP contribution in [0.3, 0.4) is 0 Å². The van der Waals surface area contributed by atoms with Crippen LogP contribution in [-0.2, 0) is 22.9 Å². The number of halogens is 9. The third-order valence-corrected chi connectivity index (χ3v) is 20.8. The lowest BCUT2D eigenvalue weighted by atomic mass is 10.2. The van der Waals surface area contributed by atoms with Crippen molar-refractivity contribution in [3.05, 3.63) is 214 Å². The van der Waals surface area contributed by atoms with Gasteiger partial charge < -0.3 is 28.6 Å². The van der Waals surface area contributed by atoms with E-state index in [0.717, 1.165) is 125 Å². The van der Waals surface area contributed by atoms with Crippen LogP contribution in [0.4, 0.5) is 0 Å². The fourth-order valence-electron chi connectivity index (χ4n) is 7.77. The van der Waals surface area contributed by atoms with Crippen molar-refractivity contribution in [1.29, 1.82) is 0 Å². The average molecular weight is 1450 g/mol. The van der Waals surface area contributed by atoms with Crippen molar-refractivity contribution in [3.8, 4) is 0 Å². The van der Waals surface area contributed by atoms with Gasteiger partial charge in [-0.3, -0.25) is 0 Å². The molecule has 0 aliphatic heterocycles. The van der Waals surface area contributed by atoms with Gasteiger partial charge in [0.1, 0.15) is 13.5 Å². The first kappa shape index (κ1) is 66.6. The lowest BCUT2D eigenvalue weighted by Crippen LogP contribution is -2.21. The second-order valence-electron chi connectivity index (χ2n) is 21.2. The van der Waals surface area contributed by atoms with E-state index in [1.165, 1.54) is 12.1 Å². The lowest BCUT2D eigenvalue weighted by molar-refractivity contribution is 0.0901. The molecule has 0 spiro atoms. The molecule has 430 valence electrons. The van der Waals surface area contributed by atoms with E-state index in [1.54, 1.807) is 23.5 Å². The summed E-state index contributed by atoms with van der Waals surface area (Å²) in [4.78, 5) is 11.7. The Morgan fingerprint density at radius 1 is 0.439 bits per heavy atom. The smallest absolute Gasteiger partial charge is 0.122 e. The van der Waals surface area contributed by atoms with Gasteiger partial charge in [0.2, 0.25) is 0 Å². The van der Waals surface area contributed by atoms with Crippen LogP contribution in [0.15, 0.2) is 204 Å². The molecule has 4 heterocycles. The summed E-state index contributed by atoms with van der Waals surface area (Å²) in [5.41, 5.74) is 4.32. The molecule has 6 nitrogen and oxygen atoms in total. The summed E-state index contributed by atoms with van der Waals surface area (Å²) in [6, 6.07) is 49.5. The molecule has 0 unspecified atom stereocenters. The van der Waals surface area contributed by atoms with Crippen molar-refractivity contribution >= 4 is 209 Å². The average Bonchev–Trinajstić information content (AvgIpc) is 4.42. The number of thiol groups is 1. The van der Waals surface area contributed by atoms with Gasteiger partial charge in [-0.15, -0.1) is 12.6 Å². The minimum absolute atomic E-state index is 0.555. The molecule has 20 heteroatoms. The van der Waals surface area contributed by atoms with E-state index in [1.807, 2.05) is 146 Å². The first-order valence-electron chi connectivity index (χ1n) is 25.8. The zero-order chi connectivity index (χ0) is 59.1. The minimum Gasteiger partial charge on any atom is -0.361 e. The van der Waals surface area contributed by atoms with E-state index in [0.29, 0.717) is 13.5 Å². The van der Waals surface area contributed by atoms with Crippen LogP contribution in [0.5, 0.6) is 0 Å². The van der Waals surface area contributed by atoms with E-state index in [2.05, 4.69) is 127 Å². The SMILES string of the molecule is C[Si](C)(C)CCOCn1ccc2c(Cl)cc(Br)cc21.C[Si](C)(C)CCOCn1ccc2c(Cl)cc(Sc3ccc(Cl)cc3)cc21.Clc1cc(Br)cc2[nH]ccc12.Clc1ccc(Sc2cc(Cl)c3cc[nH]c3c2)cc1.Sc1ccc(Cl)cc1. The number of rotatable bonds is 14. The van der Waals surface area contributed by atoms with E-state index in [4.69, 9.17) is 90.7 Å². The van der Waals surface area contributed by atoms with Gasteiger partial charge in [-0.05, 0) is 158 Å². The highest BCUT2D eigenvalue weighted by Crippen LogP contribution is 2.37. The van der Waals surface area contributed by atoms with Gasteiger partial charge in [-0.1, -0.05) is 176 Å². The summed E-state index contributed by atoms with van der Waals surface area (Å²) in [7, 11) is -2.08. The normalized spacial score (nSPS) is 11.4. The summed E-state index contributed by atoms with van der Waals surface area (Å²) in [6.45, 7) is 16.9. The molecule has 0 aliphatic rings. The lowest BCUT2D eigenvalue weighted by Gasteiger charge is -2.16. The van der Waals surface area contributed by atoms with Crippen molar-refractivity contribution < 1.29 is 9.47 Å². The number of aromatic amines is 2. The van der Waals surface area contributed by atoms with E-state index in [9.17, 15) is 0 Å². The van der Waals surface area contributed by atoms with Crippen LogP contribution < -0.4 is 0 Å². The predicted molar refractivity (Wildman–Crippen MR) is 374 cm³/mol. The Bertz CT molecular complexity index is 3810. The molecule has 0 saturated carbocycles. The molecule has 2 N–H and O–H groups in total. The van der Waals surface area contributed by atoms with Crippen molar-refractivity contribution in [2.45, 2.75) is 89.3 Å². The molecule has 11 rings (SSSR count). The maximum absolute atomic E-state index is 6.51. The molecule has 7 aromatic carbocycles. The van der Waals surface area contributed by atoms with Crippen LogP contribution in [0.1, 0.15) is 0 Å². The number of H-pyrrole nitrogens is 2. The number of nitrogens with zero attached hydrogens (tertiary/aromatic N) is 2. The van der Waals surface area contributed by atoms with E-state index >= 15 is 0 Å². The third-order valence-electron chi connectivity index (χ3n) is 12.2. The van der Waals surface area contributed by atoms with Gasteiger partial charge in [0.25, 0.3) is 0 Å². The van der Waals surface area contributed by atoms with Crippen molar-refractivity contribution in [2.75, 3.05) is 13.2 Å². The standard InChI is InChI=1S/C20H23Cl2NOSSi.C14H19BrClNOSi.C14H9Cl2NS.C8H5BrClN.C6H5ClS/c1-26(2,3)11-10-24-14-23-9-8-18-19(22)12-17(13-20(18)23)25-16-6-4-15(21)5-7-16;1-19(2,3)7-6-18-10-17-5-4-12-13(16)8-11(15)9-14(12)17;15-9-1-3-10(4-2-9)18-11-7-13(16)12-5-6-17-14(12)8-11;9-5-3-7(10)6-1-2-11-8(6)4-5;7-5-1-3-6(8)4-2-5/h4-9,12-13H,10-11,14H2,1-3H3;4-5,8-9H,6-7,10H2,1-3H3;1-8,17H;1-4,11H;1-4,8H. The molecule has 0 aliphatic carbocycles. The molecule has 0 amide bonds. The monoisotopic (exact) mass is 1450 g/mol. The van der Waals surface area contributed by atoms with Crippen LogP contribution in [0, 0.1) is 0 Å². The fraction of sp³-hybridized carbons (Fsp3) is 0.194. The highest BCUT2D eigenvalue weighted by Gasteiger charge is 2.15. The highest BCUT2D eigenvalue weighted by atomic mass is 79.9. The van der Waals surface area contributed by atoms with E-state index in [-0.39, 0.29) is 0 Å². The Labute approximate surface area is 548 Å². The first-order valence-corrected chi connectivity index (χ1v) is 39.6. The predicted octanol–water partition coefficient (Wildman–Crippen LogP) is 24.6. The van der Waals surface area contributed by atoms with Crippen LogP contribution in [0.25, 0.3) is 43.6 Å². The molecule has 4 aromatic heterocycles. The van der Waals surface area contributed by atoms with Crippen molar-refractivity contribution in [1.82, 2.24) is 19.1 Å². The van der Waals surface area contributed by atoms with Gasteiger partial charge in [0, 0.05) is 135 Å². The second kappa shape index (κ2) is 31.7. The summed E-state index contributed by atoms with van der Waals surface area (Å²) in [6.07, 6.45) is 7.84. The second-order valence-corrected chi connectivity index (χ2v) is 40.0. The molecule has 11 aromatic rings. The van der Waals surface area contributed by atoms with Gasteiger partial charge in [0.15, 0.2) is 0 Å². The number of ether oxygens (including phenoxy) is 2. The number of hydrogen-bond acceptors (Lipinski definition) is 5. The summed E-state index contributed by atoms with van der Waals surface area (Å²) >= 11 is 56.6. The van der Waals surface area contributed by atoms with Gasteiger partial charge in [0.05, 0.1) is 31.1 Å². The third kappa shape index (κ3) is 21.2. The maximum Gasteiger partial charge on any atom is 0.122 e. The summed E-state index contributed by atoms with van der Waals surface area (Å²) in [5, 5.41) is 9.56. The molecule has 0 radical (unpaired) electrons. The van der Waals surface area contributed by atoms with E-state index < -0.39 is 16.1 Å². The number of fused-ring (bicyclic) bond motifs is 4. The van der Waals surface area contributed by atoms with Gasteiger partial charge >= 0.3 is 0 Å². The Kier molecular flexibility index (Phi) is 25.7. The van der Waals surface area contributed by atoms with Gasteiger partial charge in [-0.2, -0.15) is 0 Å². The maximum atomic E-state index is 6.51.